The Hall–Kier alpha value is -3.20. The first-order valence-corrected chi connectivity index (χ1v) is 12.4. The van der Waals surface area contributed by atoms with Crippen molar-refractivity contribution >= 4 is 32.5 Å². The highest BCUT2D eigenvalue weighted by Crippen LogP contribution is 2.38. The number of ether oxygens (including phenoxy) is 1. The maximum Gasteiger partial charge on any atom is 0.409 e. The predicted molar refractivity (Wildman–Crippen MR) is 121 cm³/mol. The summed E-state index contributed by atoms with van der Waals surface area (Å²) in [4.78, 5) is 20.6. The second-order valence-electron chi connectivity index (χ2n) is 8.39. The number of nitrogens with zero attached hydrogens (tertiary/aromatic N) is 3. The fourth-order valence-electron chi connectivity index (χ4n) is 4.90. The molecule has 172 valence electrons. The van der Waals surface area contributed by atoms with E-state index in [-0.39, 0.29) is 21.9 Å². The maximum atomic E-state index is 13.6. The lowest BCUT2D eigenvalue weighted by atomic mass is 10.0. The van der Waals surface area contributed by atoms with Crippen molar-refractivity contribution in [1.29, 1.82) is 0 Å². The third-order valence-electron chi connectivity index (χ3n) is 6.46. The largest absolute Gasteiger partial charge is 0.450 e. The highest BCUT2D eigenvalue weighted by Gasteiger charge is 2.43. The van der Waals surface area contributed by atoms with Crippen LogP contribution >= 0.6 is 0 Å². The Balaban J connectivity index is 1.47. The SMILES string of the molecule is CCOC(=O)N1C[C@@H]2CCN(c3cccc4cc(S(=O)(=O)c5cccc(F)c5)cnc34)[C@@H]2C1. The summed E-state index contributed by atoms with van der Waals surface area (Å²) in [7, 11) is -3.90. The number of carbonyl (C=O) groups excluding carboxylic acids is 1. The molecule has 2 atom stereocenters. The predicted octanol–water partition coefficient (Wildman–Crippen LogP) is 3.87. The van der Waals surface area contributed by atoms with Crippen LogP contribution < -0.4 is 4.90 Å². The van der Waals surface area contributed by atoms with Crippen LogP contribution in [0, 0.1) is 11.7 Å². The fourth-order valence-corrected chi connectivity index (χ4v) is 6.17. The standard InChI is InChI=1S/C24H24FN3O4S/c1-2-32-24(29)27-14-17-9-10-28(22(17)15-27)21-8-3-5-16-11-20(13-26-23(16)21)33(30,31)19-7-4-6-18(25)12-19/h3-8,11-13,17,22H,2,9-10,14-15H2,1H3/t17-,22+/m0/s1. The quantitative estimate of drug-likeness (QED) is 0.577. The average molecular weight is 470 g/mol. The van der Waals surface area contributed by atoms with Gasteiger partial charge in [-0.25, -0.2) is 17.6 Å². The van der Waals surface area contributed by atoms with Crippen molar-refractivity contribution < 1.29 is 22.3 Å². The van der Waals surface area contributed by atoms with Gasteiger partial charge in [-0.05, 0) is 43.7 Å². The minimum absolute atomic E-state index is 0.0198. The topological polar surface area (TPSA) is 79.8 Å². The molecule has 2 saturated heterocycles. The van der Waals surface area contributed by atoms with Crippen molar-refractivity contribution in [3.63, 3.8) is 0 Å². The van der Waals surface area contributed by atoms with E-state index in [1.165, 1.54) is 24.4 Å². The molecule has 0 radical (unpaired) electrons. The number of fused-ring (bicyclic) bond motifs is 2. The molecule has 1 aromatic heterocycles. The van der Waals surface area contributed by atoms with E-state index in [1.807, 2.05) is 18.2 Å². The molecule has 2 aliphatic heterocycles. The molecule has 2 fully saturated rings. The van der Waals surface area contributed by atoms with Gasteiger partial charge < -0.3 is 14.5 Å². The Kier molecular flexibility index (Phi) is 5.44. The van der Waals surface area contributed by atoms with Crippen LogP contribution in [0.15, 0.2) is 64.5 Å². The Labute approximate surface area is 191 Å². The number of sulfone groups is 1. The first-order chi connectivity index (χ1) is 15.9. The van der Waals surface area contributed by atoms with Crippen molar-refractivity contribution in [2.45, 2.75) is 29.2 Å². The van der Waals surface area contributed by atoms with Crippen LogP contribution in [0.1, 0.15) is 13.3 Å². The van der Waals surface area contributed by atoms with E-state index in [1.54, 1.807) is 17.9 Å². The molecule has 7 nitrogen and oxygen atoms in total. The number of likely N-dealkylation sites (tertiary alicyclic amines) is 1. The number of anilines is 1. The minimum atomic E-state index is -3.90. The Morgan fingerprint density at radius 2 is 1.97 bits per heavy atom. The Bertz CT molecular complexity index is 1330. The van der Waals surface area contributed by atoms with Crippen molar-refractivity contribution in [2.24, 2.45) is 5.92 Å². The summed E-state index contributed by atoms with van der Waals surface area (Å²) in [5.41, 5.74) is 1.62. The van der Waals surface area contributed by atoms with Gasteiger partial charge in [0.15, 0.2) is 0 Å². The van der Waals surface area contributed by atoms with Gasteiger partial charge >= 0.3 is 6.09 Å². The molecule has 2 aromatic carbocycles. The number of aromatic nitrogens is 1. The molecule has 3 heterocycles. The highest BCUT2D eigenvalue weighted by molar-refractivity contribution is 7.91. The molecule has 0 saturated carbocycles. The second-order valence-corrected chi connectivity index (χ2v) is 10.3. The summed E-state index contributed by atoms with van der Waals surface area (Å²) in [5.74, 6) is -0.249. The summed E-state index contributed by atoms with van der Waals surface area (Å²) >= 11 is 0. The summed E-state index contributed by atoms with van der Waals surface area (Å²) < 4.78 is 44.8. The molecule has 0 N–H and O–H groups in total. The van der Waals surface area contributed by atoms with Gasteiger partial charge in [-0.1, -0.05) is 18.2 Å². The first-order valence-electron chi connectivity index (χ1n) is 11.0. The normalized spacial score (nSPS) is 20.3. The van der Waals surface area contributed by atoms with Crippen LogP contribution in [-0.2, 0) is 14.6 Å². The number of benzene rings is 2. The summed E-state index contributed by atoms with van der Waals surface area (Å²) in [6, 6.07) is 12.4. The summed E-state index contributed by atoms with van der Waals surface area (Å²) in [6.45, 7) is 4.25. The molecule has 0 unspecified atom stereocenters. The first kappa shape index (κ1) is 21.6. The molecule has 0 spiro atoms. The lowest BCUT2D eigenvalue weighted by Crippen LogP contribution is -2.37. The number of hydrogen-bond donors (Lipinski definition) is 0. The number of carbonyl (C=O) groups is 1. The van der Waals surface area contributed by atoms with Crippen LogP contribution in [0.2, 0.25) is 0 Å². The molecule has 9 heteroatoms. The van der Waals surface area contributed by atoms with E-state index >= 15 is 0 Å². The van der Waals surface area contributed by atoms with Gasteiger partial charge in [0.05, 0.1) is 33.6 Å². The smallest absolute Gasteiger partial charge is 0.409 e. The minimum Gasteiger partial charge on any atom is -0.450 e. The molecule has 2 aliphatic rings. The lowest BCUT2D eigenvalue weighted by Gasteiger charge is -2.27. The monoisotopic (exact) mass is 469 g/mol. The van der Waals surface area contributed by atoms with Crippen molar-refractivity contribution in [2.75, 3.05) is 31.1 Å². The van der Waals surface area contributed by atoms with Crippen molar-refractivity contribution in [3.05, 3.63) is 60.5 Å². The van der Waals surface area contributed by atoms with Gasteiger partial charge in [-0.3, -0.25) is 4.98 Å². The van der Waals surface area contributed by atoms with Gasteiger partial charge in [0.25, 0.3) is 0 Å². The maximum absolute atomic E-state index is 13.6. The van der Waals surface area contributed by atoms with E-state index in [2.05, 4.69) is 9.88 Å². The molecule has 33 heavy (non-hydrogen) atoms. The lowest BCUT2D eigenvalue weighted by molar-refractivity contribution is 0.113. The molecule has 5 rings (SSSR count). The van der Waals surface area contributed by atoms with Crippen LogP contribution in [0.25, 0.3) is 10.9 Å². The molecule has 1 amide bonds. The van der Waals surface area contributed by atoms with Gasteiger partial charge in [0, 0.05) is 37.1 Å². The van der Waals surface area contributed by atoms with Crippen LogP contribution in [0.4, 0.5) is 14.9 Å². The van der Waals surface area contributed by atoms with Gasteiger partial charge in [-0.2, -0.15) is 0 Å². The van der Waals surface area contributed by atoms with Gasteiger partial charge in [0.2, 0.25) is 9.84 Å². The van der Waals surface area contributed by atoms with Crippen LogP contribution in [0.3, 0.4) is 0 Å². The van der Waals surface area contributed by atoms with Crippen molar-refractivity contribution in [3.8, 4) is 0 Å². The van der Waals surface area contributed by atoms with Crippen LogP contribution in [0.5, 0.6) is 0 Å². The second kappa shape index (κ2) is 8.30. The third-order valence-corrected chi connectivity index (χ3v) is 8.18. The number of amides is 1. The number of rotatable bonds is 4. The van der Waals surface area contributed by atoms with E-state index in [4.69, 9.17) is 4.74 Å². The van der Waals surface area contributed by atoms with Crippen LogP contribution in [-0.4, -0.2) is 56.7 Å². The number of para-hydroxylation sites is 1. The molecule has 0 bridgehead atoms. The molecule has 3 aromatic rings. The fraction of sp³-hybridized carbons (Fsp3) is 0.333. The van der Waals surface area contributed by atoms with E-state index in [0.717, 1.165) is 24.7 Å². The number of hydrogen-bond acceptors (Lipinski definition) is 6. The molecular weight excluding hydrogens is 445 g/mol. The third kappa shape index (κ3) is 3.80. The average Bonchev–Trinajstić information content (AvgIpc) is 3.40. The molecule has 0 aliphatic carbocycles. The van der Waals surface area contributed by atoms with E-state index in [9.17, 15) is 17.6 Å². The summed E-state index contributed by atoms with van der Waals surface area (Å²) in [6.07, 6.45) is 2.01. The summed E-state index contributed by atoms with van der Waals surface area (Å²) in [5, 5.41) is 0.689. The van der Waals surface area contributed by atoms with E-state index < -0.39 is 15.7 Å². The number of pyridine rings is 1. The Morgan fingerprint density at radius 3 is 2.76 bits per heavy atom. The van der Waals surface area contributed by atoms with Gasteiger partial charge in [0.1, 0.15) is 5.82 Å². The Morgan fingerprint density at radius 1 is 1.15 bits per heavy atom. The zero-order valence-corrected chi connectivity index (χ0v) is 19.0. The van der Waals surface area contributed by atoms with Gasteiger partial charge in [-0.15, -0.1) is 0 Å². The zero-order valence-electron chi connectivity index (χ0n) is 18.1. The van der Waals surface area contributed by atoms with Crippen molar-refractivity contribution in [1.82, 2.24) is 9.88 Å². The number of halogens is 1. The molecular formula is C24H24FN3O4S. The van der Waals surface area contributed by atoms with E-state index in [0.29, 0.717) is 36.5 Å². The zero-order chi connectivity index (χ0) is 23.2. The highest BCUT2D eigenvalue weighted by atomic mass is 32.2.